The van der Waals surface area contributed by atoms with Crippen LogP contribution < -0.4 is 10.2 Å². The number of anilines is 1. The number of rotatable bonds is 6. The SMILES string of the molecule is CCN1C(=O)[C@](CC(=O)c2ccccc2)(NC(=O)C(C)C)c2ccccc21. The van der Waals surface area contributed by atoms with Gasteiger partial charge >= 0.3 is 0 Å². The van der Waals surface area contributed by atoms with Crippen LogP contribution in [0, 0.1) is 5.92 Å². The van der Waals surface area contributed by atoms with Crippen LogP contribution in [0.4, 0.5) is 5.69 Å². The van der Waals surface area contributed by atoms with Crippen molar-refractivity contribution >= 4 is 23.3 Å². The van der Waals surface area contributed by atoms with Gasteiger partial charge in [-0.1, -0.05) is 62.4 Å². The van der Waals surface area contributed by atoms with E-state index in [1.165, 1.54) is 0 Å². The lowest BCUT2D eigenvalue weighted by Gasteiger charge is -2.30. The number of carbonyl (C=O) groups is 3. The van der Waals surface area contributed by atoms with E-state index >= 15 is 0 Å². The molecule has 0 aliphatic carbocycles. The Bertz CT molecular complexity index is 876. The third kappa shape index (κ3) is 3.25. The summed E-state index contributed by atoms with van der Waals surface area (Å²) in [6.07, 6.45) is -0.109. The average Bonchev–Trinajstić information content (AvgIpc) is 2.90. The van der Waals surface area contributed by atoms with Gasteiger partial charge in [0, 0.05) is 35.7 Å². The number of amides is 2. The van der Waals surface area contributed by atoms with Gasteiger partial charge in [0.05, 0.1) is 0 Å². The Hall–Kier alpha value is -2.95. The molecule has 0 aromatic heterocycles. The fourth-order valence-electron chi connectivity index (χ4n) is 3.50. The molecule has 0 saturated carbocycles. The van der Waals surface area contributed by atoms with Gasteiger partial charge in [-0.15, -0.1) is 0 Å². The zero-order chi connectivity index (χ0) is 19.6. The van der Waals surface area contributed by atoms with E-state index in [-0.39, 0.29) is 29.9 Å². The molecule has 1 aliphatic heterocycles. The number of hydrogen-bond acceptors (Lipinski definition) is 3. The Balaban J connectivity index is 2.10. The Morgan fingerprint density at radius 1 is 1.04 bits per heavy atom. The lowest BCUT2D eigenvalue weighted by Crippen LogP contribution is -2.55. The highest BCUT2D eigenvalue weighted by Gasteiger charge is 2.52. The van der Waals surface area contributed by atoms with Crippen LogP contribution in [-0.2, 0) is 15.1 Å². The zero-order valence-corrected chi connectivity index (χ0v) is 15.9. The van der Waals surface area contributed by atoms with Gasteiger partial charge in [0.1, 0.15) is 0 Å². The molecule has 0 unspecified atom stereocenters. The third-order valence-electron chi connectivity index (χ3n) is 4.96. The van der Waals surface area contributed by atoms with Gasteiger partial charge in [0.25, 0.3) is 5.91 Å². The summed E-state index contributed by atoms with van der Waals surface area (Å²) in [4.78, 5) is 40.6. The predicted molar refractivity (Wildman–Crippen MR) is 105 cm³/mol. The Morgan fingerprint density at radius 2 is 1.67 bits per heavy atom. The van der Waals surface area contributed by atoms with Gasteiger partial charge in [-0.25, -0.2) is 0 Å². The number of hydrogen-bond donors (Lipinski definition) is 1. The van der Waals surface area contributed by atoms with Gasteiger partial charge in [-0.05, 0) is 13.0 Å². The van der Waals surface area contributed by atoms with Gasteiger partial charge in [-0.2, -0.15) is 0 Å². The number of benzene rings is 2. The van der Waals surface area contributed by atoms with Crippen LogP contribution in [0.2, 0.25) is 0 Å². The summed E-state index contributed by atoms with van der Waals surface area (Å²) in [5, 5.41) is 2.91. The summed E-state index contributed by atoms with van der Waals surface area (Å²) in [6.45, 7) is 5.89. The van der Waals surface area contributed by atoms with Gasteiger partial charge in [-0.3, -0.25) is 14.4 Å². The number of nitrogens with zero attached hydrogens (tertiary/aromatic N) is 1. The molecule has 2 aromatic carbocycles. The fourth-order valence-corrected chi connectivity index (χ4v) is 3.50. The molecule has 1 aliphatic rings. The molecule has 2 amide bonds. The molecule has 140 valence electrons. The first kappa shape index (κ1) is 18.8. The summed E-state index contributed by atoms with van der Waals surface area (Å²) in [5.74, 6) is -0.994. The van der Waals surface area contributed by atoms with Crippen LogP contribution in [0.25, 0.3) is 0 Å². The fraction of sp³-hybridized carbons (Fsp3) is 0.318. The second kappa shape index (κ2) is 7.35. The Labute approximate surface area is 159 Å². The largest absolute Gasteiger partial charge is 0.337 e. The summed E-state index contributed by atoms with van der Waals surface area (Å²) in [7, 11) is 0. The molecule has 0 fully saturated rings. The number of Topliss-reactive ketones (excluding diaryl/α,β-unsaturated/α-hetero) is 1. The molecule has 1 atom stereocenters. The van der Waals surface area contributed by atoms with Crippen LogP contribution >= 0.6 is 0 Å². The first-order valence-electron chi connectivity index (χ1n) is 9.22. The van der Waals surface area contributed by atoms with E-state index in [1.54, 1.807) is 43.0 Å². The van der Waals surface area contributed by atoms with E-state index in [9.17, 15) is 14.4 Å². The van der Waals surface area contributed by atoms with Crippen molar-refractivity contribution in [3.63, 3.8) is 0 Å². The maximum absolute atomic E-state index is 13.4. The number of carbonyl (C=O) groups excluding carboxylic acids is 3. The normalized spacial score (nSPS) is 18.5. The van der Waals surface area contributed by atoms with E-state index in [2.05, 4.69) is 5.32 Å². The molecule has 5 heteroatoms. The Morgan fingerprint density at radius 3 is 2.30 bits per heavy atom. The van der Waals surface area contributed by atoms with Crippen molar-refractivity contribution in [1.82, 2.24) is 5.32 Å². The Kier molecular flexibility index (Phi) is 5.13. The first-order valence-corrected chi connectivity index (χ1v) is 9.22. The molecule has 0 radical (unpaired) electrons. The van der Waals surface area contributed by atoms with Crippen LogP contribution in [0.15, 0.2) is 54.6 Å². The van der Waals surface area contributed by atoms with E-state index in [1.807, 2.05) is 37.3 Å². The maximum atomic E-state index is 13.4. The molecule has 2 aromatic rings. The molecule has 27 heavy (non-hydrogen) atoms. The van der Waals surface area contributed by atoms with Gasteiger partial charge in [0.15, 0.2) is 11.3 Å². The lowest BCUT2D eigenvalue weighted by atomic mass is 9.84. The molecule has 5 nitrogen and oxygen atoms in total. The van der Waals surface area contributed by atoms with Crippen LogP contribution in [0.3, 0.4) is 0 Å². The number of nitrogens with one attached hydrogen (secondary N) is 1. The summed E-state index contributed by atoms with van der Waals surface area (Å²) in [5.41, 5.74) is 0.571. The third-order valence-corrected chi connectivity index (χ3v) is 4.96. The van der Waals surface area contributed by atoms with Crippen molar-refractivity contribution in [1.29, 1.82) is 0 Å². The van der Waals surface area contributed by atoms with Gasteiger partial charge in [0.2, 0.25) is 5.91 Å². The van der Waals surface area contributed by atoms with Crippen LogP contribution in [-0.4, -0.2) is 24.1 Å². The van der Waals surface area contributed by atoms with Crippen LogP contribution in [0.1, 0.15) is 43.1 Å². The minimum Gasteiger partial charge on any atom is -0.337 e. The molecule has 3 rings (SSSR count). The zero-order valence-electron chi connectivity index (χ0n) is 15.9. The number of ketones is 1. The molecular formula is C22H24N2O3. The first-order chi connectivity index (χ1) is 12.9. The highest BCUT2D eigenvalue weighted by Crippen LogP contribution is 2.43. The van der Waals surface area contributed by atoms with E-state index in [0.29, 0.717) is 17.7 Å². The maximum Gasteiger partial charge on any atom is 0.257 e. The molecule has 1 N–H and O–H groups in total. The van der Waals surface area contributed by atoms with Crippen molar-refractivity contribution in [3.05, 3.63) is 65.7 Å². The number of likely N-dealkylation sites (N-methyl/N-ethyl adjacent to an activating group) is 1. The topological polar surface area (TPSA) is 66.5 Å². The van der Waals surface area contributed by atoms with Crippen molar-refractivity contribution in [2.24, 2.45) is 5.92 Å². The monoisotopic (exact) mass is 364 g/mol. The number of fused-ring (bicyclic) bond motifs is 1. The predicted octanol–water partition coefficient (Wildman–Crippen LogP) is 3.29. The molecular weight excluding hydrogens is 340 g/mol. The van der Waals surface area contributed by atoms with Crippen molar-refractivity contribution in [3.8, 4) is 0 Å². The quantitative estimate of drug-likeness (QED) is 0.800. The van der Waals surface area contributed by atoms with Crippen molar-refractivity contribution in [2.75, 3.05) is 11.4 Å². The standard InChI is InChI=1S/C22H24N2O3/c1-4-24-18-13-9-8-12-17(18)22(21(24)27,23-20(26)15(2)3)14-19(25)16-10-6-5-7-11-16/h5-13,15H,4,14H2,1-3H3,(H,23,26)/t22-/m1/s1. The highest BCUT2D eigenvalue weighted by atomic mass is 16.2. The van der Waals surface area contributed by atoms with E-state index in [0.717, 1.165) is 5.69 Å². The summed E-state index contributed by atoms with van der Waals surface area (Å²) < 4.78 is 0. The number of para-hydroxylation sites is 1. The molecule has 0 bridgehead atoms. The van der Waals surface area contributed by atoms with Crippen molar-refractivity contribution < 1.29 is 14.4 Å². The second-order valence-electron chi connectivity index (χ2n) is 7.08. The van der Waals surface area contributed by atoms with Crippen molar-refractivity contribution in [2.45, 2.75) is 32.7 Å². The molecule has 1 heterocycles. The van der Waals surface area contributed by atoms with E-state index in [4.69, 9.17) is 0 Å². The minimum atomic E-state index is -1.37. The smallest absolute Gasteiger partial charge is 0.257 e. The molecule has 0 spiro atoms. The summed E-state index contributed by atoms with van der Waals surface area (Å²) >= 11 is 0. The average molecular weight is 364 g/mol. The minimum absolute atomic E-state index is 0.109. The second-order valence-corrected chi connectivity index (χ2v) is 7.08. The highest BCUT2D eigenvalue weighted by molar-refractivity contribution is 6.13. The van der Waals surface area contributed by atoms with Crippen LogP contribution in [0.5, 0.6) is 0 Å². The van der Waals surface area contributed by atoms with Gasteiger partial charge < -0.3 is 10.2 Å². The summed E-state index contributed by atoms with van der Waals surface area (Å²) in [6, 6.07) is 16.2. The molecule has 0 saturated heterocycles. The van der Waals surface area contributed by atoms with E-state index < -0.39 is 5.54 Å². The lowest BCUT2D eigenvalue weighted by molar-refractivity contribution is -0.133.